The Morgan fingerprint density at radius 3 is 1.82 bits per heavy atom. The van der Waals surface area contributed by atoms with E-state index >= 15 is 4.79 Å². The number of ether oxygens (including phenoxy) is 7. The highest BCUT2D eigenvalue weighted by Crippen LogP contribution is 2.76. The second-order valence-corrected chi connectivity index (χ2v) is 23.7. The van der Waals surface area contributed by atoms with Crippen molar-refractivity contribution >= 4 is 23.9 Å². The number of aliphatic hydroxyl groups excluding tert-OH is 2. The molecule has 0 aromatic heterocycles. The van der Waals surface area contributed by atoms with Crippen LogP contribution in [0.4, 0.5) is 0 Å². The van der Waals surface area contributed by atoms with Gasteiger partial charge < -0.3 is 43.4 Å². The van der Waals surface area contributed by atoms with Crippen molar-refractivity contribution in [3.05, 3.63) is 11.6 Å². The van der Waals surface area contributed by atoms with Crippen LogP contribution >= 0.6 is 0 Å². The van der Waals surface area contributed by atoms with Crippen molar-refractivity contribution < 1.29 is 62.5 Å². The molecule has 4 saturated carbocycles. The van der Waals surface area contributed by atoms with Gasteiger partial charge in [0.2, 0.25) is 6.29 Å². The summed E-state index contributed by atoms with van der Waals surface area (Å²) in [5, 5.41) is 24.1. The summed E-state index contributed by atoms with van der Waals surface area (Å²) in [5.41, 5.74) is -0.636. The van der Waals surface area contributed by atoms with E-state index in [4.69, 9.17) is 33.2 Å². The lowest BCUT2D eigenvalue weighted by atomic mass is 9.33. The van der Waals surface area contributed by atoms with E-state index in [0.29, 0.717) is 37.5 Å². The van der Waals surface area contributed by atoms with E-state index in [1.165, 1.54) is 26.3 Å². The summed E-state index contributed by atoms with van der Waals surface area (Å²) in [6.45, 7) is 27.6. The Hall–Kier alpha value is -2.58. The summed E-state index contributed by atoms with van der Waals surface area (Å²) in [4.78, 5) is 52.7. The maximum absolute atomic E-state index is 15.4. The van der Waals surface area contributed by atoms with E-state index < -0.39 is 96.4 Å². The molecule has 13 nitrogen and oxygen atoms in total. The lowest BCUT2D eigenvalue weighted by Crippen LogP contribution is -2.68. The molecule has 7 aliphatic rings. The first-order valence-electron chi connectivity index (χ1n) is 25.0. The Balaban J connectivity index is 1.18. The molecule has 0 radical (unpaired) electrons. The number of esters is 4. The minimum absolute atomic E-state index is 0.0323. The number of rotatable bonds is 9. The minimum Gasteiger partial charge on any atom is -0.459 e. The van der Waals surface area contributed by atoms with E-state index in [9.17, 15) is 24.6 Å². The molecule has 5 aliphatic carbocycles. The molecule has 368 valence electrons. The highest BCUT2D eigenvalue weighted by molar-refractivity contribution is 5.80. The molecular formula is C52H82O13. The van der Waals surface area contributed by atoms with Gasteiger partial charge in [0.1, 0.15) is 29.8 Å². The zero-order valence-electron chi connectivity index (χ0n) is 41.9. The molecule has 19 atom stereocenters. The quantitative estimate of drug-likeness (QED) is 0.128. The number of allylic oxidation sites excluding steroid dienone is 2. The van der Waals surface area contributed by atoms with Crippen LogP contribution in [0, 0.1) is 62.1 Å². The minimum atomic E-state index is -1.21. The highest BCUT2D eigenvalue weighted by Gasteiger charge is 2.72. The Morgan fingerprint density at radius 1 is 0.662 bits per heavy atom. The van der Waals surface area contributed by atoms with Gasteiger partial charge in [-0.15, -0.1) is 0 Å². The molecule has 0 amide bonds. The largest absolute Gasteiger partial charge is 0.459 e. The van der Waals surface area contributed by atoms with Crippen molar-refractivity contribution in [1.82, 2.24) is 0 Å². The molecule has 0 aromatic rings. The summed E-state index contributed by atoms with van der Waals surface area (Å²) in [5.74, 6) is -2.90. The lowest BCUT2D eigenvalue weighted by Gasteiger charge is -2.71. The highest BCUT2D eigenvalue weighted by atomic mass is 16.7. The standard InChI is InChI=1S/C52H82O13/c1-15-34-42(61-31(7)55)40(59-29(5)53)27(3)44(62-34)64-43-35(16-2)63-45(28(4)41(43)60-30(6)54)65-46(58)52-24-23-47(8,9)25-33(52)32-17-18-37-49(12)21-20-38(56)48(10,11)36(49)19-22-50(37,13)51(32,14)26-39(52)57/h17,27-28,33-45,56-57H,15-16,18-26H2,1-14H3/t27-,28-,33+,34?,35?,36+,37-,38+,39?,40?,41?,42+,43+,44+,45-,49+,50-,51-,52-/m1/s1. The molecule has 7 rings (SSSR count). The Kier molecular flexibility index (Phi) is 13.7. The molecule has 65 heavy (non-hydrogen) atoms. The number of carbonyl (C=O) groups excluding carboxylic acids is 4. The third-order valence-electron chi connectivity index (χ3n) is 19.2. The van der Waals surface area contributed by atoms with E-state index in [-0.39, 0.29) is 39.1 Å². The molecule has 0 bridgehead atoms. The second-order valence-electron chi connectivity index (χ2n) is 23.7. The van der Waals surface area contributed by atoms with Crippen LogP contribution in [0.2, 0.25) is 0 Å². The molecule has 6 fully saturated rings. The van der Waals surface area contributed by atoms with Crippen LogP contribution in [-0.4, -0.2) is 95.5 Å². The SMILES string of the molecule is CCC1O[C@H](OC(=O)[C@]23CCC(C)(C)C[C@H]2C2=CC[C@@H]4[C@@]5(C)CC[C@H](O)C(C)(C)[C@@H]5CC[C@@]4(C)[C@]2(C)CC3O)[C@H](C)C(OC(C)=O)[C@H]1O[C@@H]1OC(CC)[C@H](OC(C)=O)C(OC(C)=O)[C@H]1C. The van der Waals surface area contributed by atoms with Crippen LogP contribution in [-0.2, 0) is 52.3 Å². The summed E-state index contributed by atoms with van der Waals surface area (Å²) >= 11 is 0. The van der Waals surface area contributed by atoms with Crippen molar-refractivity contribution in [3.8, 4) is 0 Å². The molecule has 5 unspecified atom stereocenters. The molecular weight excluding hydrogens is 833 g/mol. The zero-order chi connectivity index (χ0) is 48.0. The van der Waals surface area contributed by atoms with Gasteiger partial charge in [0, 0.05) is 26.7 Å². The topological polar surface area (TPSA) is 173 Å². The van der Waals surface area contributed by atoms with Crippen LogP contribution in [0.25, 0.3) is 0 Å². The first-order chi connectivity index (χ1) is 30.2. The molecule has 2 saturated heterocycles. The predicted molar refractivity (Wildman–Crippen MR) is 240 cm³/mol. The fourth-order valence-corrected chi connectivity index (χ4v) is 15.3. The summed E-state index contributed by atoms with van der Waals surface area (Å²) < 4.78 is 43.9. The van der Waals surface area contributed by atoms with Crippen LogP contribution in [0.5, 0.6) is 0 Å². The van der Waals surface area contributed by atoms with Gasteiger partial charge in [-0.05, 0) is 115 Å². The first kappa shape index (κ1) is 50.3. The van der Waals surface area contributed by atoms with Crippen molar-refractivity contribution in [2.45, 2.75) is 229 Å². The molecule has 2 aliphatic heterocycles. The molecule has 2 N–H and O–H groups in total. The van der Waals surface area contributed by atoms with Crippen molar-refractivity contribution in [3.63, 3.8) is 0 Å². The normalized spacial score (nSPS) is 47.6. The van der Waals surface area contributed by atoms with Gasteiger partial charge in [-0.1, -0.05) is 87.8 Å². The Bertz CT molecular complexity index is 1860. The number of hydrogen-bond donors (Lipinski definition) is 2. The Labute approximate surface area is 388 Å². The van der Waals surface area contributed by atoms with Gasteiger partial charge in [0.05, 0.1) is 24.2 Å². The number of fused-ring (bicyclic) bond motifs is 7. The van der Waals surface area contributed by atoms with Crippen LogP contribution in [0.3, 0.4) is 0 Å². The van der Waals surface area contributed by atoms with E-state index in [2.05, 4.69) is 54.5 Å². The predicted octanol–water partition coefficient (Wildman–Crippen LogP) is 8.39. The number of aliphatic hydroxyl groups is 2. The average molecular weight is 915 g/mol. The lowest BCUT2D eigenvalue weighted by molar-refractivity contribution is -0.340. The van der Waals surface area contributed by atoms with Gasteiger partial charge in [-0.3, -0.25) is 19.2 Å². The van der Waals surface area contributed by atoms with Crippen LogP contribution in [0.15, 0.2) is 11.6 Å². The van der Waals surface area contributed by atoms with E-state index in [1.54, 1.807) is 6.92 Å². The molecule has 0 aromatic carbocycles. The van der Waals surface area contributed by atoms with E-state index in [1.807, 2.05) is 20.8 Å². The number of carbonyl (C=O) groups is 4. The Morgan fingerprint density at radius 2 is 1.22 bits per heavy atom. The van der Waals surface area contributed by atoms with Gasteiger partial charge >= 0.3 is 23.9 Å². The van der Waals surface area contributed by atoms with Crippen LogP contribution in [0.1, 0.15) is 168 Å². The smallest absolute Gasteiger partial charge is 0.317 e. The van der Waals surface area contributed by atoms with Gasteiger partial charge in [0.15, 0.2) is 12.4 Å². The van der Waals surface area contributed by atoms with Crippen molar-refractivity contribution in [2.75, 3.05) is 0 Å². The number of hydrogen-bond acceptors (Lipinski definition) is 13. The average Bonchev–Trinajstić information content (AvgIpc) is 3.20. The summed E-state index contributed by atoms with van der Waals surface area (Å²) in [6, 6.07) is 0. The van der Waals surface area contributed by atoms with Crippen LogP contribution < -0.4 is 0 Å². The van der Waals surface area contributed by atoms with Crippen molar-refractivity contribution in [1.29, 1.82) is 0 Å². The third kappa shape index (κ3) is 8.22. The summed E-state index contributed by atoms with van der Waals surface area (Å²) in [7, 11) is 0. The van der Waals surface area contributed by atoms with E-state index in [0.717, 1.165) is 44.9 Å². The van der Waals surface area contributed by atoms with Gasteiger partial charge in [0.25, 0.3) is 0 Å². The first-order valence-corrected chi connectivity index (χ1v) is 25.0. The molecule has 2 heterocycles. The fraction of sp³-hybridized carbons (Fsp3) is 0.885. The zero-order valence-corrected chi connectivity index (χ0v) is 41.9. The maximum Gasteiger partial charge on any atom is 0.317 e. The molecule has 13 heteroatoms. The third-order valence-corrected chi connectivity index (χ3v) is 19.2. The van der Waals surface area contributed by atoms with Crippen molar-refractivity contribution in [2.24, 2.45) is 62.1 Å². The molecule has 0 spiro atoms. The second kappa shape index (κ2) is 17.7. The van der Waals surface area contributed by atoms with Gasteiger partial charge in [-0.2, -0.15) is 0 Å². The monoisotopic (exact) mass is 915 g/mol. The maximum atomic E-state index is 15.4. The van der Waals surface area contributed by atoms with Gasteiger partial charge in [-0.25, -0.2) is 0 Å². The summed E-state index contributed by atoms with van der Waals surface area (Å²) in [6.07, 6.45) is 2.04. The fourth-order valence-electron chi connectivity index (χ4n) is 15.3.